The van der Waals surface area contributed by atoms with E-state index in [1.165, 1.54) is 62.6 Å². The quantitative estimate of drug-likeness (QED) is 0.363. The van der Waals surface area contributed by atoms with Crippen molar-refractivity contribution < 1.29 is 0 Å². The molecule has 0 rings (SSSR count). The third kappa shape index (κ3) is 13.2. The molecule has 0 aliphatic carbocycles. The van der Waals surface area contributed by atoms with E-state index in [2.05, 4.69) is 32.3 Å². The van der Waals surface area contributed by atoms with Gasteiger partial charge in [-0.15, -0.1) is 6.58 Å². The first-order chi connectivity index (χ1) is 8.16. The molecule has 0 amide bonds. The van der Waals surface area contributed by atoms with Crippen molar-refractivity contribution in [3.63, 3.8) is 0 Å². The molecule has 100 valence electrons. The van der Waals surface area contributed by atoms with Gasteiger partial charge in [0.2, 0.25) is 0 Å². The summed E-state index contributed by atoms with van der Waals surface area (Å²) in [6.45, 7) is 13.4. The van der Waals surface area contributed by atoms with Gasteiger partial charge in [-0.1, -0.05) is 44.8 Å². The Kier molecular flexibility index (Phi) is 11.3. The summed E-state index contributed by atoms with van der Waals surface area (Å²) in [6, 6.07) is 0. The topological polar surface area (TPSA) is 12.0 Å². The van der Waals surface area contributed by atoms with Crippen LogP contribution >= 0.6 is 0 Å². The van der Waals surface area contributed by atoms with E-state index in [4.69, 9.17) is 0 Å². The Bertz CT molecular complexity index is 206. The smallest absolute Gasteiger partial charge is 0.0143 e. The Morgan fingerprint density at radius 2 is 1.53 bits per heavy atom. The number of hydrogen-bond acceptors (Lipinski definition) is 1. The zero-order valence-corrected chi connectivity index (χ0v) is 12.0. The molecule has 0 aliphatic heterocycles. The molecule has 0 radical (unpaired) electrons. The van der Waals surface area contributed by atoms with Gasteiger partial charge in [-0.25, -0.2) is 0 Å². The molecule has 1 heteroatoms. The van der Waals surface area contributed by atoms with Crippen molar-refractivity contribution >= 4 is 0 Å². The molecule has 0 heterocycles. The van der Waals surface area contributed by atoms with E-state index < -0.39 is 0 Å². The lowest BCUT2D eigenvalue weighted by molar-refractivity contribution is 0.589. The van der Waals surface area contributed by atoms with Gasteiger partial charge in [0, 0.05) is 12.2 Å². The first kappa shape index (κ1) is 16.3. The monoisotopic (exact) mass is 237 g/mol. The molecule has 0 spiro atoms. The van der Waals surface area contributed by atoms with Crippen LogP contribution in [0.2, 0.25) is 0 Å². The zero-order chi connectivity index (χ0) is 12.9. The number of allylic oxidation sites excluding steroid dienone is 2. The highest BCUT2D eigenvalue weighted by atomic mass is 14.9. The molecule has 0 aliphatic rings. The van der Waals surface area contributed by atoms with Crippen LogP contribution < -0.4 is 5.32 Å². The third-order valence-electron chi connectivity index (χ3n) is 2.99. The van der Waals surface area contributed by atoms with Gasteiger partial charge < -0.3 is 5.32 Å². The molecular weight excluding hydrogens is 206 g/mol. The summed E-state index contributed by atoms with van der Waals surface area (Å²) in [4.78, 5) is 0. The summed E-state index contributed by atoms with van der Waals surface area (Å²) in [7, 11) is 0. The molecule has 0 fully saturated rings. The Balaban J connectivity index is 3.12. The molecule has 0 saturated heterocycles. The minimum Gasteiger partial charge on any atom is -0.389 e. The zero-order valence-electron chi connectivity index (χ0n) is 12.0. The van der Waals surface area contributed by atoms with Crippen molar-refractivity contribution in [2.24, 2.45) is 0 Å². The summed E-state index contributed by atoms with van der Waals surface area (Å²) in [5.74, 6) is 0. The van der Waals surface area contributed by atoms with Crippen LogP contribution in [0.1, 0.15) is 71.6 Å². The van der Waals surface area contributed by atoms with Crippen molar-refractivity contribution in [2.75, 3.05) is 6.54 Å². The van der Waals surface area contributed by atoms with E-state index >= 15 is 0 Å². The Hall–Kier alpha value is -0.720. The van der Waals surface area contributed by atoms with Crippen LogP contribution in [0.3, 0.4) is 0 Å². The molecule has 0 aromatic rings. The lowest BCUT2D eigenvalue weighted by Gasteiger charge is -2.08. The van der Waals surface area contributed by atoms with Gasteiger partial charge in [0.25, 0.3) is 0 Å². The minimum absolute atomic E-state index is 1.10. The van der Waals surface area contributed by atoms with Crippen molar-refractivity contribution in [1.82, 2.24) is 5.32 Å². The Morgan fingerprint density at radius 1 is 0.882 bits per heavy atom. The summed E-state index contributed by atoms with van der Waals surface area (Å²) in [5.41, 5.74) is 2.54. The van der Waals surface area contributed by atoms with Gasteiger partial charge in [0.1, 0.15) is 0 Å². The van der Waals surface area contributed by atoms with E-state index in [-0.39, 0.29) is 0 Å². The molecule has 1 N–H and O–H groups in total. The number of rotatable bonds is 12. The van der Waals surface area contributed by atoms with E-state index in [1.807, 2.05) is 0 Å². The van der Waals surface area contributed by atoms with Crippen LogP contribution in [-0.2, 0) is 0 Å². The Labute approximate surface area is 108 Å². The van der Waals surface area contributed by atoms with Crippen molar-refractivity contribution in [1.29, 1.82) is 0 Å². The van der Waals surface area contributed by atoms with Crippen LogP contribution in [0.5, 0.6) is 0 Å². The van der Waals surface area contributed by atoms with Gasteiger partial charge in [-0.2, -0.15) is 0 Å². The Morgan fingerprint density at radius 3 is 2.18 bits per heavy atom. The SMILES string of the molecule is C=C(C)CCCCCCCNC(=C)CCCC. The number of hydrogen-bond donors (Lipinski definition) is 1. The van der Waals surface area contributed by atoms with Crippen LogP contribution in [0.25, 0.3) is 0 Å². The summed E-state index contributed by atoms with van der Waals surface area (Å²) >= 11 is 0. The van der Waals surface area contributed by atoms with Gasteiger partial charge >= 0.3 is 0 Å². The van der Waals surface area contributed by atoms with Crippen molar-refractivity contribution in [3.8, 4) is 0 Å². The largest absolute Gasteiger partial charge is 0.389 e. The molecule has 17 heavy (non-hydrogen) atoms. The van der Waals surface area contributed by atoms with E-state index in [0.717, 1.165) is 13.0 Å². The third-order valence-corrected chi connectivity index (χ3v) is 2.99. The standard InChI is InChI=1S/C16H31N/c1-5-6-13-16(4)17-14-11-9-7-8-10-12-15(2)3/h17H,2,4-14H2,1,3H3. The number of unbranched alkanes of at least 4 members (excludes halogenated alkanes) is 5. The summed E-state index contributed by atoms with van der Waals surface area (Å²) in [6.07, 6.45) is 11.5. The predicted molar refractivity (Wildman–Crippen MR) is 79.2 cm³/mol. The van der Waals surface area contributed by atoms with E-state index in [0.29, 0.717) is 0 Å². The maximum absolute atomic E-state index is 4.04. The van der Waals surface area contributed by atoms with Crippen molar-refractivity contribution in [2.45, 2.75) is 71.6 Å². The van der Waals surface area contributed by atoms with Crippen LogP contribution in [0, 0.1) is 0 Å². The molecular formula is C16H31N. The maximum atomic E-state index is 4.04. The fourth-order valence-corrected chi connectivity index (χ4v) is 1.83. The van der Waals surface area contributed by atoms with E-state index in [9.17, 15) is 0 Å². The van der Waals surface area contributed by atoms with Crippen molar-refractivity contribution in [3.05, 3.63) is 24.4 Å². The maximum Gasteiger partial charge on any atom is 0.0143 e. The fraction of sp³-hybridized carbons (Fsp3) is 0.750. The van der Waals surface area contributed by atoms with Crippen LogP contribution in [0.4, 0.5) is 0 Å². The average Bonchev–Trinajstić information content (AvgIpc) is 2.29. The first-order valence-electron chi connectivity index (χ1n) is 7.22. The summed E-state index contributed by atoms with van der Waals surface area (Å²) < 4.78 is 0. The van der Waals surface area contributed by atoms with E-state index in [1.54, 1.807) is 0 Å². The molecule has 0 atom stereocenters. The average molecular weight is 237 g/mol. The fourth-order valence-electron chi connectivity index (χ4n) is 1.83. The predicted octanol–water partition coefficient (Wildman–Crippen LogP) is 5.20. The van der Waals surface area contributed by atoms with Gasteiger partial charge in [0.15, 0.2) is 0 Å². The van der Waals surface area contributed by atoms with Gasteiger partial charge in [-0.3, -0.25) is 0 Å². The molecule has 0 bridgehead atoms. The summed E-state index contributed by atoms with van der Waals surface area (Å²) in [5, 5.41) is 3.42. The molecule has 1 nitrogen and oxygen atoms in total. The van der Waals surface area contributed by atoms with Gasteiger partial charge in [-0.05, 0) is 39.0 Å². The second-order valence-corrected chi connectivity index (χ2v) is 5.11. The lowest BCUT2D eigenvalue weighted by atomic mass is 10.1. The molecule has 0 unspecified atom stereocenters. The molecule has 0 aromatic carbocycles. The highest BCUT2D eigenvalue weighted by molar-refractivity contribution is 4.90. The number of nitrogens with one attached hydrogen (secondary N) is 1. The lowest BCUT2D eigenvalue weighted by Crippen LogP contribution is -2.13. The highest BCUT2D eigenvalue weighted by Crippen LogP contribution is 2.09. The highest BCUT2D eigenvalue weighted by Gasteiger charge is 1.94. The second-order valence-electron chi connectivity index (χ2n) is 5.11. The molecule has 0 saturated carbocycles. The normalized spacial score (nSPS) is 10.2. The van der Waals surface area contributed by atoms with Gasteiger partial charge in [0.05, 0.1) is 0 Å². The van der Waals surface area contributed by atoms with Crippen LogP contribution in [0.15, 0.2) is 24.4 Å². The molecule has 0 aromatic heterocycles. The second kappa shape index (κ2) is 11.8. The first-order valence-corrected chi connectivity index (χ1v) is 7.22. The minimum atomic E-state index is 1.10. The van der Waals surface area contributed by atoms with Crippen LogP contribution in [-0.4, -0.2) is 6.54 Å².